The van der Waals surface area contributed by atoms with E-state index in [0.717, 1.165) is 10.2 Å². The van der Waals surface area contributed by atoms with Crippen molar-refractivity contribution in [3.05, 3.63) is 53.2 Å². The van der Waals surface area contributed by atoms with Crippen LogP contribution < -0.4 is 5.32 Å². The smallest absolute Gasteiger partial charge is 0.138 e. The van der Waals surface area contributed by atoms with Crippen LogP contribution in [0.2, 0.25) is 0 Å². The summed E-state index contributed by atoms with van der Waals surface area (Å²) >= 11 is 1.53. The normalized spacial score (nSPS) is 10.9. The van der Waals surface area contributed by atoms with E-state index in [4.69, 9.17) is 0 Å². The molecule has 2 heterocycles. The number of nitrogens with zero attached hydrogens (tertiary/aromatic N) is 2. The number of aromatic nitrogens is 2. The molecule has 3 nitrogen and oxygen atoms in total. The second kappa shape index (κ2) is 5.50. The van der Waals surface area contributed by atoms with E-state index in [1.54, 1.807) is 0 Å². The Balaban J connectivity index is 1.73. The number of hydrogen-bond donors (Lipinski definition) is 1. The molecule has 0 aliphatic rings. The molecule has 0 bridgehead atoms. The fourth-order valence-electron chi connectivity index (χ4n) is 2.01. The van der Waals surface area contributed by atoms with Gasteiger partial charge in [-0.3, -0.25) is 0 Å². The molecule has 0 unspecified atom stereocenters. The first-order valence-electron chi connectivity index (χ1n) is 6.10. The summed E-state index contributed by atoms with van der Waals surface area (Å²) in [6.45, 7) is 0.403. The third-order valence-electron chi connectivity index (χ3n) is 2.99. The van der Waals surface area contributed by atoms with Crippen molar-refractivity contribution >= 4 is 27.4 Å². The van der Waals surface area contributed by atoms with Crippen LogP contribution in [0.1, 0.15) is 5.56 Å². The van der Waals surface area contributed by atoms with Crippen LogP contribution in [-0.4, -0.2) is 16.5 Å². The van der Waals surface area contributed by atoms with Crippen LogP contribution in [0.5, 0.6) is 0 Å². The topological polar surface area (TPSA) is 37.8 Å². The van der Waals surface area contributed by atoms with Gasteiger partial charge in [0.05, 0.1) is 5.39 Å². The molecule has 0 amide bonds. The Morgan fingerprint density at radius 3 is 2.70 bits per heavy atom. The van der Waals surface area contributed by atoms with Crippen molar-refractivity contribution < 1.29 is 8.78 Å². The Hall–Kier alpha value is -2.08. The lowest BCUT2D eigenvalue weighted by Gasteiger charge is -2.08. The molecule has 6 heteroatoms. The molecule has 1 N–H and O–H groups in total. The number of fused-ring (bicyclic) bond motifs is 1. The minimum absolute atomic E-state index is 0.0932. The second-order valence-corrected chi connectivity index (χ2v) is 5.13. The van der Waals surface area contributed by atoms with Crippen LogP contribution in [0.3, 0.4) is 0 Å². The average molecular weight is 291 g/mol. The third-order valence-corrected chi connectivity index (χ3v) is 3.81. The Morgan fingerprint density at radius 1 is 1.10 bits per heavy atom. The minimum Gasteiger partial charge on any atom is -0.369 e. The summed E-state index contributed by atoms with van der Waals surface area (Å²) in [4.78, 5) is 9.18. The van der Waals surface area contributed by atoms with E-state index in [-0.39, 0.29) is 12.0 Å². The van der Waals surface area contributed by atoms with Gasteiger partial charge in [-0.1, -0.05) is 6.07 Å². The molecular formula is C14H11F2N3S. The number of halogens is 2. The average Bonchev–Trinajstić information content (AvgIpc) is 2.91. The molecule has 0 atom stereocenters. The summed E-state index contributed by atoms with van der Waals surface area (Å²) in [5.74, 6) is -0.349. The SMILES string of the molecule is Fc1cccc(F)c1CCNc1ncnc2sccc12. The molecular weight excluding hydrogens is 280 g/mol. The maximum atomic E-state index is 13.5. The van der Waals surface area contributed by atoms with Gasteiger partial charge in [0.25, 0.3) is 0 Å². The first-order valence-corrected chi connectivity index (χ1v) is 6.98. The second-order valence-electron chi connectivity index (χ2n) is 4.24. The number of rotatable bonds is 4. The molecule has 0 aliphatic heterocycles. The van der Waals surface area contributed by atoms with Gasteiger partial charge in [0.15, 0.2) is 0 Å². The van der Waals surface area contributed by atoms with Gasteiger partial charge in [-0.15, -0.1) is 11.3 Å². The van der Waals surface area contributed by atoms with Gasteiger partial charge >= 0.3 is 0 Å². The first kappa shape index (κ1) is 12.9. The van der Waals surface area contributed by atoms with Crippen LogP contribution in [-0.2, 0) is 6.42 Å². The van der Waals surface area contributed by atoms with Crippen LogP contribution >= 0.6 is 11.3 Å². The van der Waals surface area contributed by atoms with Gasteiger partial charge in [0, 0.05) is 12.1 Å². The van der Waals surface area contributed by atoms with Gasteiger partial charge in [0.2, 0.25) is 0 Å². The Labute approximate surface area is 118 Å². The highest BCUT2D eigenvalue weighted by Gasteiger charge is 2.09. The summed E-state index contributed by atoms with van der Waals surface area (Å²) in [5, 5.41) is 5.95. The zero-order chi connectivity index (χ0) is 13.9. The predicted octanol–water partition coefficient (Wildman–Crippen LogP) is 3.62. The largest absolute Gasteiger partial charge is 0.369 e. The monoisotopic (exact) mass is 291 g/mol. The Bertz CT molecular complexity index is 722. The van der Waals surface area contributed by atoms with Crippen molar-refractivity contribution in [3.8, 4) is 0 Å². The number of benzene rings is 1. The Morgan fingerprint density at radius 2 is 1.90 bits per heavy atom. The number of thiophene rings is 1. The van der Waals surface area contributed by atoms with Gasteiger partial charge in [-0.2, -0.15) is 0 Å². The van der Waals surface area contributed by atoms with E-state index >= 15 is 0 Å². The summed E-state index contributed by atoms with van der Waals surface area (Å²) in [6, 6.07) is 5.81. The molecule has 2 aromatic heterocycles. The van der Waals surface area contributed by atoms with E-state index in [2.05, 4.69) is 15.3 Å². The van der Waals surface area contributed by atoms with E-state index in [1.165, 1.54) is 35.9 Å². The summed E-state index contributed by atoms with van der Waals surface area (Å²) in [7, 11) is 0. The standard InChI is InChI=1S/C14H11F2N3S/c15-11-2-1-3-12(16)9(11)4-6-17-13-10-5-7-20-14(10)19-8-18-13/h1-3,5,7-8H,4,6H2,(H,17,18,19). The van der Waals surface area contributed by atoms with Crippen molar-refractivity contribution in [2.24, 2.45) is 0 Å². The predicted molar refractivity (Wildman–Crippen MR) is 76.0 cm³/mol. The lowest BCUT2D eigenvalue weighted by atomic mass is 10.1. The van der Waals surface area contributed by atoms with Crippen molar-refractivity contribution in [2.75, 3.05) is 11.9 Å². The summed E-state index contributed by atoms with van der Waals surface area (Å²) in [5.41, 5.74) is 0.0932. The molecule has 0 saturated carbocycles. The highest BCUT2D eigenvalue weighted by molar-refractivity contribution is 7.16. The molecule has 0 fully saturated rings. The zero-order valence-electron chi connectivity index (χ0n) is 10.4. The zero-order valence-corrected chi connectivity index (χ0v) is 11.3. The van der Waals surface area contributed by atoms with E-state index < -0.39 is 11.6 Å². The van der Waals surface area contributed by atoms with Crippen molar-refractivity contribution in [2.45, 2.75) is 6.42 Å². The molecule has 3 aromatic rings. The number of anilines is 1. The molecule has 0 radical (unpaired) electrons. The quantitative estimate of drug-likeness (QED) is 0.797. The van der Waals surface area contributed by atoms with E-state index in [9.17, 15) is 8.78 Å². The van der Waals surface area contributed by atoms with Crippen LogP contribution in [0.15, 0.2) is 36.0 Å². The number of hydrogen-bond acceptors (Lipinski definition) is 4. The molecule has 0 aliphatic carbocycles. The molecule has 102 valence electrons. The highest BCUT2D eigenvalue weighted by atomic mass is 32.1. The number of nitrogens with one attached hydrogen (secondary N) is 1. The summed E-state index contributed by atoms with van der Waals surface area (Å²) in [6.07, 6.45) is 1.74. The van der Waals surface area contributed by atoms with E-state index in [0.29, 0.717) is 12.4 Å². The van der Waals surface area contributed by atoms with Gasteiger partial charge in [-0.25, -0.2) is 18.7 Å². The summed E-state index contributed by atoms with van der Waals surface area (Å²) < 4.78 is 27.0. The van der Waals surface area contributed by atoms with Gasteiger partial charge in [0.1, 0.15) is 28.6 Å². The molecule has 0 saturated heterocycles. The van der Waals surface area contributed by atoms with Gasteiger partial charge < -0.3 is 5.32 Å². The molecule has 1 aromatic carbocycles. The van der Waals surface area contributed by atoms with E-state index in [1.807, 2.05) is 11.4 Å². The van der Waals surface area contributed by atoms with Crippen molar-refractivity contribution in [3.63, 3.8) is 0 Å². The lowest BCUT2D eigenvalue weighted by molar-refractivity contribution is 0.557. The molecule has 20 heavy (non-hydrogen) atoms. The van der Waals surface area contributed by atoms with Crippen LogP contribution in [0.4, 0.5) is 14.6 Å². The van der Waals surface area contributed by atoms with Crippen LogP contribution in [0.25, 0.3) is 10.2 Å². The Kier molecular flexibility index (Phi) is 3.56. The van der Waals surface area contributed by atoms with Crippen molar-refractivity contribution in [1.29, 1.82) is 0 Å². The minimum atomic E-state index is -0.518. The molecule has 0 spiro atoms. The maximum absolute atomic E-state index is 13.5. The van der Waals surface area contributed by atoms with Gasteiger partial charge in [-0.05, 0) is 30.0 Å². The lowest BCUT2D eigenvalue weighted by Crippen LogP contribution is -2.09. The third kappa shape index (κ3) is 2.46. The fraction of sp³-hybridized carbons (Fsp3) is 0.143. The fourth-order valence-corrected chi connectivity index (χ4v) is 2.74. The maximum Gasteiger partial charge on any atom is 0.138 e. The first-order chi connectivity index (χ1) is 9.75. The molecule has 3 rings (SSSR count). The highest BCUT2D eigenvalue weighted by Crippen LogP contribution is 2.23. The van der Waals surface area contributed by atoms with Crippen LogP contribution in [0, 0.1) is 11.6 Å². The van der Waals surface area contributed by atoms with Crippen molar-refractivity contribution in [1.82, 2.24) is 9.97 Å².